The van der Waals surface area contributed by atoms with Gasteiger partial charge in [0.05, 0.1) is 34.4 Å². The molecule has 0 aliphatic rings. The molecule has 0 aromatic heterocycles. The van der Waals surface area contributed by atoms with Crippen LogP contribution < -0.4 is 0 Å². The first-order valence-electron chi connectivity index (χ1n) is 31.4. The Kier molecular flexibility index (Phi) is 55.5. The summed E-state index contributed by atoms with van der Waals surface area (Å²) in [5.41, 5.74) is 0. The molecule has 442 valence electrons. The summed E-state index contributed by atoms with van der Waals surface area (Å²) in [5, 5.41) is 9.72. The summed E-state index contributed by atoms with van der Waals surface area (Å²) in [6.45, 7) is 4.73. The van der Waals surface area contributed by atoms with Gasteiger partial charge in [-0.3, -0.25) is 9.59 Å². The lowest BCUT2D eigenvalue weighted by molar-refractivity contribution is -0.870. The topological polar surface area (TPSA) is 108 Å². The molecular formula is C68H118NO8+. The third kappa shape index (κ3) is 59.7. The molecule has 9 heteroatoms. The van der Waals surface area contributed by atoms with Gasteiger partial charge in [-0.2, -0.15) is 0 Å². The number of hydrogen-bond donors (Lipinski definition) is 1. The van der Waals surface area contributed by atoms with Gasteiger partial charge in [-0.05, 0) is 96.3 Å². The van der Waals surface area contributed by atoms with Crippen LogP contribution in [-0.4, -0.2) is 87.4 Å². The number of rotatable bonds is 57. The maximum atomic E-state index is 12.9. The highest BCUT2D eigenvalue weighted by atomic mass is 16.7. The molecule has 0 amide bonds. The van der Waals surface area contributed by atoms with Crippen molar-refractivity contribution >= 4 is 17.9 Å². The predicted molar refractivity (Wildman–Crippen MR) is 327 cm³/mol. The Morgan fingerprint density at radius 1 is 0.403 bits per heavy atom. The van der Waals surface area contributed by atoms with Crippen molar-refractivity contribution in [1.82, 2.24) is 0 Å². The van der Waals surface area contributed by atoms with Crippen molar-refractivity contribution in [3.8, 4) is 0 Å². The van der Waals surface area contributed by atoms with Crippen LogP contribution >= 0.6 is 0 Å². The number of nitrogens with zero attached hydrogens (tertiary/aromatic N) is 1. The normalized spacial score (nSPS) is 13.4. The summed E-state index contributed by atoms with van der Waals surface area (Å²) in [5.74, 6) is -2.02. The molecule has 1 N–H and O–H groups in total. The lowest BCUT2D eigenvalue weighted by Gasteiger charge is -2.25. The first kappa shape index (κ1) is 73.2. The van der Waals surface area contributed by atoms with Crippen molar-refractivity contribution in [1.29, 1.82) is 0 Å². The van der Waals surface area contributed by atoms with Crippen molar-refractivity contribution in [3.63, 3.8) is 0 Å². The molecule has 2 unspecified atom stereocenters. The zero-order valence-corrected chi connectivity index (χ0v) is 50.3. The number of carbonyl (C=O) groups excluding carboxylic acids is 2. The van der Waals surface area contributed by atoms with Gasteiger partial charge in [0.15, 0.2) is 6.10 Å². The molecule has 0 bridgehead atoms. The number of likely N-dealkylation sites (N-methyl/N-ethyl adjacent to an activating group) is 1. The van der Waals surface area contributed by atoms with Crippen molar-refractivity contribution in [2.45, 2.75) is 270 Å². The molecule has 77 heavy (non-hydrogen) atoms. The van der Waals surface area contributed by atoms with Crippen LogP contribution in [0.25, 0.3) is 0 Å². The van der Waals surface area contributed by atoms with Crippen LogP contribution in [-0.2, 0) is 33.3 Å². The molecule has 0 saturated heterocycles. The molecule has 0 aromatic rings. The fraction of sp³-hybridized carbons (Fsp3) is 0.721. The lowest BCUT2D eigenvalue weighted by Crippen LogP contribution is -2.40. The zero-order valence-electron chi connectivity index (χ0n) is 50.3. The molecule has 0 saturated carbocycles. The Morgan fingerprint density at radius 3 is 1.10 bits per heavy atom. The zero-order chi connectivity index (χ0) is 56.2. The predicted octanol–water partition coefficient (Wildman–Crippen LogP) is 18.9. The Morgan fingerprint density at radius 2 is 0.740 bits per heavy atom. The summed E-state index contributed by atoms with van der Waals surface area (Å²) in [6, 6.07) is 0. The van der Waals surface area contributed by atoms with Gasteiger partial charge in [-0.1, -0.05) is 246 Å². The molecule has 0 aromatic carbocycles. The Labute approximate surface area is 473 Å². The van der Waals surface area contributed by atoms with Crippen molar-refractivity contribution in [2.24, 2.45) is 0 Å². The molecule has 0 aliphatic heterocycles. The number of quaternary nitrogens is 1. The highest BCUT2D eigenvalue weighted by Crippen LogP contribution is 2.16. The van der Waals surface area contributed by atoms with E-state index in [0.717, 1.165) is 96.3 Å². The smallest absolute Gasteiger partial charge is 0.361 e. The highest BCUT2D eigenvalue weighted by molar-refractivity contribution is 5.71. The number of aliphatic carboxylic acids is 1. The Hall–Kier alpha value is -3.79. The van der Waals surface area contributed by atoms with E-state index in [1.54, 1.807) is 0 Å². The number of carbonyl (C=O) groups is 3. The molecule has 0 fully saturated rings. The molecular weight excluding hydrogens is 959 g/mol. The van der Waals surface area contributed by atoms with Crippen LogP contribution in [0.1, 0.15) is 258 Å². The summed E-state index contributed by atoms with van der Waals surface area (Å²) < 4.78 is 22.9. The quantitative estimate of drug-likeness (QED) is 0.0211. The molecule has 2 atom stereocenters. The summed E-state index contributed by atoms with van der Waals surface area (Å²) in [6.07, 6.45) is 76.4. The van der Waals surface area contributed by atoms with E-state index in [4.69, 9.17) is 18.9 Å². The summed E-state index contributed by atoms with van der Waals surface area (Å²) >= 11 is 0. The number of allylic oxidation sites excluding steroid dienone is 16. The van der Waals surface area contributed by atoms with Gasteiger partial charge >= 0.3 is 17.9 Å². The van der Waals surface area contributed by atoms with Crippen LogP contribution in [0.15, 0.2) is 97.2 Å². The minimum atomic E-state index is -1.52. The Bertz CT molecular complexity index is 1580. The SMILES string of the molecule is CC/C=C\C/C=C\C/C=C\C/C=C\C/C=C\CCCCCCCCCCCCCCCCCCCC(=O)OC(COC(=O)CCCCCCCC/C=C\C/C=C\C/C=C\CCCCC)COC(OCC[N+](C)(C)C)C(=O)O. The molecule has 0 aliphatic carbocycles. The second-order valence-electron chi connectivity index (χ2n) is 22.0. The maximum absolute atomic E-state index is 12.9. The number of ether oxygens (including phenoxy) is 4. The molecule has 0 heterocycles. The number of unbranched alkanes of at least 4 members (excludes halogenated alkanes) is 26. The van der Waals surface area contributed by atoms with Crippen molar-refractivity contribution < 1.29 is 42.9 Å². The molecule has 0 spiro atoms. The van der Waals surface area contributed by atoms with Crippen LogP contribution in [0, 0.1) is 0 Å². The van der Waals surface area contributed by atoms with Gasteiger partial charge < -0.3 is 28.5 Å². The largest absolute Gasteiger partial charge is 0.477 e. The van der Waals surface area contributed by atoms with E-state index in [1.807, 2.05) is 21.1 Å². The van der Waals surface area contributed by atoms with Crippen LogP contribution in [0.3, 0.4) is 0 Å². The van der Waals surface area contributed by atoms with Gasteiger partial charge in [-0.15, -0.1) is 0 Å². The fourth-order valence-electron chi connectivity index (χ4n) is 8.52. The minimum absolute atomic E-state index is 0.182. The van der Waals surface area contributed by atoms with Crippen LogP contribution in [0.5, 0.6) is 0 Å². The summed E-state index contributed by atoms with van der Waals surface area (Å²) in [7, 11) is 5.97. The average molecular weight is 1080 g/mol. The Balaban J connectivity index is 4.15. The van der Waals surface area contributed by atoms with E-state index >= 15 is 0 Å². The molecule has 0 radical (unpaired) electrons. The molecule has 0 rings (SSSR count). The van der Waals surface area contributed by atoms with Gasteiger partial charge in [0, 0.05) is 12.8 Å². The van der Waals surface area contributed by atoms with Gasteiger partial charge in [-0.25, -0.2) is 4.79 Å². The standard InChI is InChI=1S/C68H117NO8/c1-6-8-10-12-14-16-18-20-22-24-26-27-28-29-30-31-32-33-34-35-36-37-38-39-41-43-45-47-49-51-53-55-57-59-66(71)77-64(63-76-68(67(72)73)74-61-60-69(3,4)5)62-75-65(70)58-56-54-52-50-48-46-44-42-40-25-23-21-19-17-15-13-11-9-7-2/h8,10,14-17,20-23,26-27,29-30,40,42,64,68H,6-7,9,11-13,18-19,24-25,28,31-39,41,43-63H2,1-5H3/p+1/b10-8-,16-14-,17-15-,22-20-,23-21-,27-26-,30-29-,42-40-. The van der Waals surface area contributed by atoms with Crippen molar-refractivity contribution in [2.75, 3.05) is 47.5 Å². The minimum Gasteiger partial charge on any atom is -0.477 e. The third-order valence-corrected chi connectivity index (χ3v) is 13.3. The first-order valence-corrected chi connectivity index (χ1v) is 31.4. The third-order valence-electron chi connectivity index (χ3n) is 13.3. The van der Waals surface area contributed by atoms with Crippen molar-refractivity contribution in [3.05, 3.63) is 97.2 Å². The van der Waals surface area contributed by atoms with Crippen LogP contribution in [0.2, 0.25) is 0 Å². The van der Waals surface area contributed by atoms with Crippen LogP contribution in [0.4, 0.5) is 0 Å². The summed E-state index contributed by atoms with van der Waals surface area (Å²) in [4.78, 5) is 37.5. The highest BCUT2D eigenvalue weighted by Gasteiger charge is 2.25. The lowest BCUT2D eigenvalue weighted by atomic mass is 10.0. The van der Waals surface area contributed by atoms with E-state index < -0.39 is 24.3 Å². The van der Waals surface area contributed by atoms with E-state index in [1.165, 1.54) is 135 Å². The number of esters is 2. The van der Waals surface area contributed by atoms with Gasteiger partial charge in [0.25, 0.3) is 6.29 Å². The van der Waals surface area contributed by atoms with E-state index in [0.29, 0.717) is 11.0 Å². The number of hydrogen-bond acceptors (Lipinski definition) is 7. The second-order valence-corrected chi connectivity index (χ2v) is 22.0. The average Bonchev–Trinajstić information content (AvgIpc) is 3.40. The second kappa shape index (κ2) is 58.4. The fourth-order valence-corrected chi connectivity index (χ4v) is 8.52. The number of carboxylic acid groups (broad SMARTS) is 1. The van der Waals surface area contributed by atoms with E-state index in [9.17, 15) is 19.5 Å². The molecule has 9 nitrogen and oxygen atoms in total. The monoisotopic (exact) mass is 1080 g/mol. The number of carboxylic acids is 1. The maximum Gasteiger partial charge on any atom is 0.361 e. The van der Waals surface area contributed by atoms with Gasteiger partial charge in [0.1, 0.15) is 13.2 Å². The van der Waals surface area contributed by atoms with Gasteiger partial charge in [0.2, 0.25) is 0 Å². The van der Waals surface area contributed by atoms with E-state index in [-0.39, 0.29) is 38.6 Å². The van der Waals surface area contributed by atoms with E-state index in [2.05, 4.69) is 111 Å². The first-order chi connectivity index (χ1) is 37.6.